The number of carbonyl (C=O) groups excluding carboxylic acids is 1. The second kappa shape index (κ2) is 6.27. The Morgan fingerprint density at radius 1 is 1.19 bits per heavy atom. The van der Waals surface area contributed by atoms with Crippen molar-refractivity contribution in [2.45, 2.75) is 25.7 Å². The molecule has 2 aromatic rings. The van der Waals surface area contributed by atoms with E-state index in [0.29, 0.717) is 11.6 Å². The van der Waals surface area contributed by atoms with E-state index in [1.807, 2.05) is 29.2 Å². The Morgan fingerprint density at radius 2 is 2.05 bits per heavy atom. The first-order chi connectivity index (χ1) is 10.2. The fourth-order valence-corrected chi connectivity index (χ4v) is 2.84. The molecule has 0 saturated heterocycles. The zero-order valence-electron chi connectivity index (χ0n) is 11.8. The van der Waals surface area contributed by atoms with E-state index in [1.54, 1.807) is 12.3 Å². The standard InChI is InChI=1S/C17H17ClN2O/c18-16-9-8-13(12-19-16)11-17(21)20-10-4-3-6-14-5-1-2-7-15(14)20/h1-2,5,7-9,12H,3-4,6,10-11H2. The van der Waals surface area contributed by atoms with Gasteiger partial charge in [-0.25, -0.2) is 4.98 Å². The topological polar surface area (TPSA) is 33.2 Å². The summed E-state index contributed by atoms with van der Waals surface area (Å²) in [5.74, 6) is 0.119. The van der Waals surface area contributed by atoms with E-state index in [-0.39, 0.29) is 5.91 Å². The van der Waals surface area contributed by atoms with Gasteiger partial charge in [0.2, 0.25) is 5.91 Å². The fraction of sp³-hybridized carbons (Fsp3) is 0.294. The molecule has 0 N–H and O–H groups in total. The number of fused-ring (bicyclic) bond motifs is 1. The predicted molar refractivity (Wildman–Crippen MR) is 84.7 cm³/mol. The van der Waals surface area contributed by atoms with Gasteiger partial charge in [-0.15, -0.1) is 0 Å². The van der Waals surface area contributed by atoms with E-state index in [1.165, 1.54) is 5.56 Å². The van der Waals surface area contributed by atoms with Crippen LogP contribution in [0.15, 0.2) is 42.6 Å². The molecular weight excluding hydrogens is 284 g/mol. The molecule has 0 spiro atoms. The van der Waals surface area contributed by atoms with E-state index in [0.717, 1.165) is 37.1 Å². The van der Waals surface area contributed by atoms with Crippen LogP contribution in [0.5, 0.6) is 0 Å². The molecule has 1 aromatic heterocycles. The van der Waals surface area contributed by atoms with Crippen LogP contribution in [0.1, 0.15) is 24.0 Å². The van der Waals surface area contributed by atoms with Gasteiger partial charge in [-0.2, -0.15) is 0 Å². The van der Waals surface area contributed by atoms with Crippen molar-refractivity contribution in [3.63, 3.8) is 0 Å². The monoisotopic (exact) mass is 300 g/mol. The molecule has 0 saturated carbocycles. The van der Waals surface area contributed by atoms with E-state index in [2.05, 4.69) is 11.1 Å². The minimum Gasteiger partial charge on any atom is -0.312 e. The quantitative estimate of drug-likeness (QED) is 0.793. The predicted octanol–water partition coefficient (Wildman–Crippen LogP) is 3.65. The fourth-order valence-electron chi connectivity index (χ4n) is 2.73. The van der Waals surface area contributed by atoms with Gasteiger partial charge in [0.1, 0.15) is 5.15 Å². The summed E-state index contributed by atoms with van der Waals surface area (Å²) in [7, 11) is 0. The summed E-state index contributed by atoms with van der Waals surface area (Å²) in [6.07, 6.45) is 5.24. The normalized spacial score (nSPS) is 14.4. The van der Waals surface area contributed by atoms with Crippen LogP contribution in [-0.2, 0) is 17.6 Å². The van der Waals surface area contributed by atoms with Crippen molar-refractivity contribution in [3.05, 3.63) is 58.9 Å². The van der Waals surface area contributed by atoms with Crippen LogP contribution in [-0.4, -0.2) is 17.4 Å². The average molecular weight is 301 g/mol. The summed E-state index contributed by atoms with van der Waals surface area (Å²) < 4.78 is 0. The highest BCUT2D eigenvalue weighted by Gasteiger charge is 2.20. The van der Waals surface area contributed by atoms with Gasteiger partial charge in [0.05, 0.1) is 6.42 Å². The number of aromatic nitrogens is 1. The number of rotatable bonds is 2. The number of anilines is 1. The average Bonchev–Trinajstić information content (AvgIpc) is 2.72. The smallest absolute Gasteiger partial charge is 0.231 e. The number of pyridine rings is 1. The van der Waals surface area contributed by atoms with Gasteiger partial charge in [0.15, 0.2) is 0 Å². The lowest BCUT2D eigenvalue weighted by atomic mass is 10.1. The van der Waals surface area contributed by atoms with E-state index < -0.39 is 0 Å². The van der Waals surface area contributed by atoms with E-state index in [4.69, 9.17) is 11.6 Å². The highest BCUT2D eigenvalue weighted by Crippen LogP contribution is 2.26. The third kappa shape index (κ3) is 3.24. The molecule has 1 aliphatic heterocycles. The van der Waals surface area contributed by atoms with Crippen LogP contribution in [0.2, 0.25) is 5.15 Å². The zero-order valence-corrected chi connectivity index (χ0v) is 12.5. The number of benzene rings is 1. The molecule has 4 heteroatoms. The summed E-state index contributed by atoms with van der Waals surface area (Å²) in [6, 6.07) is 11.8. The summed E-state index contributed by atoms with van der Waals surface area (Å²) >= 11 is 5.78. The Kier molecular flexibility index (Phi) is 4.20. The van der Waals surface area contributed by atoms with Crippen molar-refractivity contribution in [2.75, 3.05) is 11.4 Å². The Balaban J connectivity index is 1.82. The zero-order chi connectivity index (χ0) is 14.7. The molecular formula is C17H17ClN2O. The molecule has 1 amide bonds. The Hall–Kier alpha value is -1.87. The molecule has 21 heavy (non-hydrogen) atoms. The van der Waals surface area contributed by atoms with Crippen molar-refractivity contribution in [1.29, 1.82) is 0 Å². The number of hydrogen-bond acceptors (Lipinski definition) is 2. The Bertz CT molecular complexity index is 639. The Morgan fingerprint density at radius 3 is 2.86 bits per heavy atom. The molecule has 0 unspecified atom stereocenters. The number of para-hydroxylation sites is 1. The largest absolute Gasteiger partial charge is 0.312 e. The number of halogens is 1. The molecule has 1 aromatic carbocycles. The van der Waals surface area contributed by atoms with Gasteiger partial charge < -0.3 is 4.90 Å². The number of carbonyl (C=O) groups is 1. The van der Waals surface area contributed by atoms with Crippen LogP contribution in [0.3, 0.4) is 0 Å². The van der Waals surface area contributed by atoms with Crippen LogP contribution < -0.4 is 4.90 Å². The highest BCUT2D eigenvalue weighted by molar-refractivity contribution is 6.29. The minimum absolute atomic E-state index is 0.119. The molecule has 0 bridgehead atoms. The van der Waals surface area contributed by atoms with Gasteiger partial charge in [-0.3, -0.25) is 4.79 Å². The lowest BCUT2D eigenvalue weighted by Crippen LogP contribution is -2.33. The Labute approximate surface area is 129 Å². The van der Waals surface area contributed by atoms with Crippen molar-refractivity contribution in [1.82, 2.24) is 4.98 Å². The summed E-state index contributed by atoms with van der Waals surface area (Å²) in [4.78, 5) is 18.6. The number of nitrogens with zero attached hydrogens (tertiary/aromatic N) is 2. The summed E-state index contributed by atoms with van der Waals surface area (Å²) in [5.41, 5.74) is 3.21. The van der Waals surface area contributed by atoms with Gasteiger partial charge in [-0.05, 0) is 42.5 Å². The van der Waals surface area contributed by atoms with Gasteiger partial charge in [0.25, 0.3) is 0 Å². The maximum absolute atomic E-state index is 12.6. The van der Waals surface area contributed by atoms with Crippen LogP contribution in [0, 0.1) is 0 Å². The number of aryl methyl sites for hydroxylation is 1. The van der Waals surface area contributed by atoms with Gasteiger partial charge in [-0.1, -0.05) is 35.9 Å². The number of hydrogen-bond donors (Lipinski definition) is 0. The first-order valence-electron chi connectivity index (χ1n) is 7.23. The maximum atomic E-state index is 12.6. The third-order valence-corrected chi connectivity index (χ3v) is 4.03. The molecule has 2 heterocycles. The molecule has 3 rings (SSSR count). The molecule has 1 aliphatic rings. The van der Waals surface area contributed by atoms with Crippen LogP contribution >= 0.6 is 11.6 Å². The third-order valence-electron chi connectivity index (χ3n) is 3.81. The summed E-state index contributed by atoms with van der Waals surface area (Å²) in [5, 5.41) is 0.450. The van der Waals surface area contributed by atoms with Crippen molar-refractivity contribution < 1.29 is 4.79 Å². The second-order valence-electron chi connectivity index (χ2n) is 5.30. The van der Waals surface area contributed by atoms with Gasteiger partial charge in [0, 0.05) is 18.4 Å². The molecule has 108 valence electrons. The SMILES string of the molecule is O=C(Cc1ccc(Cl)nc1)N1CCCCc2ccccc21. The molecule has 3 nitrogen and oxygen atoms in total. The van der Waals surface area contributed by atoms with Crippen LogP contribution in [0.4, 0.5) is 5.69 Å². The molecule has 0 atom stereocenters. The number of amides is 1. The molecule has 0 radical (unpaired) electrons. The first kappa shape index (κ1) is 14.1. The lowest BCUT2D eigenvalue weighted by Gasteiger charge is -2.23. The second-order valence-corrected chi connectivity index (χ2v) is 5.68. The minimum atomic E-state index is 0.119. The molecule has 0 fully saturated rings. The molecule has 0 aliphatic carbocycles. The highest BCUT2D eigenvalue weighted by atomic mass is 35.5. The first-order valence-corrected chi connectivity index (χ1v) is 7.60. The van der Waals surface area contributed by atoms with Crippen molar-refractivity contribution >= 4 is 23.2 Å². The van der Waals surface area contributed by atoms with E-state index >= 15 is 0 Å². The van der Waals surface area contributed by atoms with Crippen molar-refractivity contribution in [2.24, 2.45) is 0 Å². The maximum Gasteiger partial charge on any atom is 0.231 e. The van der Waals surface area contributed by atoms with E-state index in [9.17, 15) is 4.79 Å². The van der Waals surface area contributed by atoms with Crippen LogP contribution in [0.25, 0.3) is 0 Å². The van der Waals surface area contributed by atoms with Gasteiger partial charge >= 0.3 is 0 Å². The summed E-state index contributed by atoms with van der Waals surface area (Å²) in [6.45, 7) is 0.789. The lowest BCUT2D eigenvalue weighted by molar-refractivity contribution is -0.118. The van der Waals surface area contributed by atoms with Crippen molar-refractivity contribution in [3.8, 4) is 0 Å².